The van der Waals surface area contributed by atoms with Crippen molar-refractivity contribution in [3.8, 4) is 5.75 Å². The number of H-pyrrole nitrogens is 1. The zero-order chi connectivity index (χ0) is 10.8. The second-order valence-corrected chi connectivity index (χ2v) is 3.42. The van der Waals surface area contributed by atoms with Crippen LogP contribution in [0, 0.1) is 6.92 Å². The van der Waals surface area contributed by atoms with E-state index >= 15 is 0 Å². The van der Waals surface area contributed by atoms with Gasteiger partial charge >= 0.3 is 0 Å². The molecule has 0 aliphatic rings. The minimum absolute atomic E-state index is 0.0733. The van der Waals surface area contributed by atoms with Crippen molar-refractivity contribution in [2.45, 2.75) is 6.92 Å². The van der Waals surface area contributed by atoms with Gasteiger partial charge < -0.3 is 9.84 Å². The fourth-order valence-electron chi connectivity index (χ4n) is 1.32. The molecule has 80 valence electrons. The van der Waals surface area contributed by atoms with Crippen LogP contribution in [0.2, 0.25) is 5.15 Å². The maximum atomic E-state index is 8.68. The maximum absolute atomic E-state index is 8.68. The molecule has 0 radical (unpaired) electrons. The van der Waals surface area contributed by atoms with E-state index in [4.69, 9.17) is 21.4 Å². The molecule has 15 heavy (non-hydrogen) atoms. The highest BCUT2D eigenvalue weighted by Crippen LogP contribution is 2.30. The lowest BCUT2D eigenvalue weighted by Crippen LogP contribution is -2.03. The van der Waals surface area contributed by atoms with Gasteiger partial charge in [-0.2, -0.15) is 5.10 Å². The average Bonchev–Trinajstić information content (AvgIpc) is 2.59. The average molecular weight is 228 g/mol. The summed E-state index contributed by atoms with van der Waals surface area (Å²) in [5.41, 5.74) is 1.55. The van der Waals surface area contributed by atoms with Crippen LogP contribution >= 0.6 is 11.6 Å². The maximum Gasteiger partial charge on any atom is 0.184 e. The number of halogens is 1. The first-order valence-corrected chi connectivity index (χ1v) is 4.84. The molecule has 0 unspecified atom stereocenters. The second kappa shape index (κ2) is 4.04. The zero-order valence-electron chi connectivity index (χ0n) is 8.12. The Balaban J connectivity index is 2.53. The van der Waals surface area contributed by atoms with Gasteiger partial charge in [-0.15, -0.1) is 0 Å². The van der Waals surface area contributed by atoms with E-state index in [0.29, 0.717) is 11.3 Å². The summed E-state index contributed by atoms with van der Waals surface area (Å²) in [5.74, 6) is 0.410. The zero-order valence-corrected chi connectivity index (χ0v) is 8.88. The molecule has 0 amide bonds. The van der Waals surface area contributed by atoms with Crippen molar-refractivity contribution >= 4 is 22.5 Å². The highest BCUT2D eigenvalue weighted by molar-refractivity contribution is 6.31. The van der Waals surface area contributed by atoms with E-state index in [2.05, 4.69) is 15.2 Å². The normalized spacial score (nSPS) is 10.9. The van der Waals surface area contributed by atoms with Crippen LogP contribution in [-0.4, -0.2) is 33.5 Å². The second-order valence-electron chi connectivity index (χ2n) is 3.06. The molecule has 0 aliphatic heterocycles. The van der Waals surface area contributed by atoms with Gasteiger partial charge in [-0.3, -0.25) is 5.10 Å². The molecule has 0 saturated heterocycles. The minimum atomic E-state index is -0.0733. The molecule has 0 atom stereocenters. The van der Waals surface area contributed by atoms with Crippen LogP contribution in [0.15, 0.2) is 6.20 Å². The van der Waals surface area contributed by atoms with Gasteiger partial charge in [0.1, 0.15) is 12.1 Å². The van der Waals surface area contributed by atoms with E-state index in [0.717, 1.165) is 11.1 Å². The van der Waals surface area contributed by atoms with Crippen molar-refractivity contribution in [3.05, 3.63) is 17.0 Å². The standard InChI is InChI=1S/C9H10ClN3O2/c1-5-6-4-11-9(10)8(15-3-2-14)7(6)13-12-5/h4,14H,2-3H2,1H3,(H,12,13). The van der Waals surface area contributed by atoms with Crippen LogP contribution in [0.1, 0.15) is 5.69 Å². The van der Waals surface area contributed by atoms with Crippen LogP contribution in [0.5, 0.6) is 5.75 Å². The Hall–Kier alpha value is -1.33. The number of fused-ring (bicyclic) bond motifs is 1. The van der Waals surface area contributed by atoms with E-state index in [9.17, 15) is 0 Å². The quantitative estimate of drug-likeness (QED) is 0.776. The van der Waals surface area contributed by atoms with Crippen LogP contribution in [0.25, 0.3) is 10.9 Å². The van der Waals surface area contributed by atoms with E-state index in [1.807, 2.05) is 6.92 Å². The summed E-state index contributed by atoms with van der Waals surface area (Å²) < 4.78 is 5.29. The van der Waals surface area contributed by atoms with Crippen molar-refractivity contribution in [3.63, 3.8) is 0 Å². The lowest BCUT2D eigenvalue weighted by molar-refractivity contribution is 0.202. The van der Waals surface area contributed by atoms with Gasteiger partial charge in [-0.05, 0) is 6.92 Å². The number of aliphatic hydroxyl groups is 1. The number of hydrogen-bond acceptors (Lipinski definition) is 4. The summed E-state index contributed by atoms with van der Waals surface area (Å²) in [6, 6.07) is 0. The molecule has 0 aliphatic carbocycles. The number of nitrogens with one attached hydrogen (secondary N) is 1. The van der Waals surface area contributed by atoms with Crippen molar-refractivity contribution in [2.24, 2.45) is 0 Å². The molecule has 0 saturated carbocycles. The molecule has 0 aromatic carbocycles. The third-order valence-corrected chi connectivity index (χ3v) is 2.31. The summed E-state index contributed by atoms with van der Waals surface area (Å²) in [6.45, 7) is 1.99. The van der Waals surface area contributed by atoms with E-state index in [1.165, 1.54) is 0 Å². The van der Waals surface area contributed by atoms with Gasteiger partial charge in [0.15, 0.2) is 10.9 Å². The van der Waals surface area contributed by atoms with Crippen LogP contribution < -0.4 is 4.74 Å². The van der Waals surface area contributed by atoms with Gasteiger partial charge in [0, 0.05) is 17.3 Å². The number of aromatic amines is 1. The Morgan fingerprint density at radius 2 is 2.40 bits per heavy atom. The largest absolute Gasteiger partial charge is 0.486 e. The Morgan fingerprint density at radius 1 is 1.60 bits per heavy atom. The number of aliphatic hydroxyl groups excluding tert-OH is 1. The molecule has 0 fully saturated rings. The number of nitrogens with zero attached hydrogens (tertiary/aromatic N) is 2. The first kappa shape index (κ1) is 10.2. The minimum Gasteiger partial charge on any atom is -0.486 e. The van der Waals surface area contributed by atoms with Crippen molar-refractivity contribution in [1.29, 1.82) is 0 Å². The summed E-state index contributed by atoms with van der Waals surface area (Å²) in [6.07, 6.45) is 1.64. The summed E-state index contributed by atoms with van der Waals surface area (Å²) >= 11 is 5.88. The Morgan fingerprint density at radius 3 is 3.13 bits per heavy atom. The number of hydrogen-bond donors (Lipinski definition) is 2. The molecule has 0 spiro atoms. The van der Waals surface area contributed by atoms with Crippen LogP contribution in [0.4, 0.5) is 0 Å². The molecule has 0 bridgehead atoms. The van der Waals surface area contributed by atoms with Crippen LogP contribution in [-0.2, 0) is 0 Å². The number of aryl methyl sites for hydroxylation is 1. The van der Waals surface area contributed by atoms with Crippen molar-refractivity contribution in [1.82, 2.24) is 15.2 Å². The molecular weight excluding hydrogens is 218 g/mol. The molecule has 2 heterocycles. The van der Waals surface area contributed by atoms with Crippen molar-refractivity contribution < 1.29 is 9.84 Å². The topological polar surface area (TPSA) is 71.0 Å². The van der Waals surface area contributed by atoms with Gasteiger partial charge in [-0.1, -0.05) is 11.6 Å². The molecular formula is C9H10ClN3O2. The number of pyridine rings is 1. The third-order valence-electron chi connectivity index (χ3n) is 2.04. The lowest BCUT2D eigenvalue weighted by atomic mass is 10.2. The summed E-state index contributed by atoms with van der Waals surface area (Å²) in [4.78, 5) is 3.99. The molecule has 2 rings (SSSR count). The Bertz CT molecular complexity index is 483. The molecule has 5 nitrogen and oxygen atoms in total. The fourth-order valence-corrected chi connectivity index (χ4v) is 1.51. The third kappa shape index (κ3) is 1.75. The van der Waals surface area contributed by atoms with E-state index < -0.39 is 0 Å². The number of aromatic nitrogens is 3. The number of rotatable bonds is 3. The van der Waals surface area contributed by atoms with Gasteiger partial charge in [-0.25, -0.2) is 4.98 Å². The summed E-state index contributed by atoms with van der Waals surface area (Å²) in [7, 11) is 0. The molecule has 2 aromatic rings. The van der Waals surface area contributed by atoms with Gasteiger partial charge in [0.25, 0.3) is 0 Å². The first-order chi connectivity index (χ1) is 7.24. The van der Waals surface area contributed by atoms with Crippen LogP contribution in [0.3, 0.4) is 0 Å². The molecule has 6 heteroatoms. The SMILES string of the molecule is Cc1[nH]nc2c(OCCO)c(Cl)ncc12. The fraction of sp³-hybridized carbons (Fsp3) is 0.333. The van der Waals surface area contributed by atoms with E-state index in [1.54, 1.807) is 6.20 Å². The molecule has 2 aromatic heterocycles. The van der Waals surface area contributed by atoms with Gasteiger partial charge in [0.05, 0.1) is 6.61 Å². The molecule has 2 N–H and O–H groups in total. The highest BCUT2D eigenvalue weighted by Gasteiger charge is 2.12. The number of ether oxygens (including phenoxy) is 1. The monoisotopic (exact) mass is 227 g/mol. The predicted octanol–water partition coefficient (Wildman–Crippen LogP) is 1.29. The van der Waals surface area contributed by atoms with Gasteiger partial charge in [0.2, 0.25) is 0 Å². The van der Waals surface area contributed by atoms with Crippen molar-refractivity contribution in [2.75, 3.05) is 13.2 Å². The van der Waals surface area contributed by atoms with E-state index in [-0.39, 0.29) is 18.4 Å². The Labute approximate surface area is 91.0 Å². The Kier molecular flexibility index (Phi) is 2.75. The predicted molar refractivity (Wildman–Crippen MR) is 56.2 cm³/mol. The first-order valence-electron chi connectivity index (χ1n) is 4.47. The lowest BCUT2D eigenvalue weighted by Gasteiger charge is -2.05. The smallest absolute Gasteiger partial charge is 0.184 e. The highest BCUT2D eigenvalue weighted by atomic mass is 35.5. The summed E-state index contributed by atoms with van der Waals surface area (Å²) in [5, 5.41) is 16.7.